The Morgan fingerprint density at radius 1 is 1.50 bits per heavy atom. The molecular formula is C6H11Cl2PS. The SMILES string of the molecule is CCCCSC=CP(Cl)Cl. The Morgan fingerprint density at radius 2 is 2.20 bits per heavy atom. The smallest absolute Gasteiger partial charge is 0.110 e. The van der Waals surface area contributed by atoms with Crippen LogP contribution in [0, 0.1) is 0 Å². The molecule has 60 valence electrons. The standard InChI is InChI=1S/C6H11Cl2PS/c1-2-3-5-10-6-4-9(7)8/h4,6H,2-3,5H2,1H3. The number of hydrogen-bond acceptors (Lipinski definition) is 1. The van der Waals surface area contributed by atoms with E-state index in [-0.39, 0.29) is 0 Å². The molecule has 0 aromatic heterocycles. The molecule has 0 heterocycles. The van der Waals surface area contributed by atoms with Gasteiger partial charge in [-0.05, 0) is 23.4 Å². The maximum absolute atomic E-state index is 5.52. The molecule has 0 aliphatic heterocycles. The Balaban J connectivity index is 3.02. The van der Waals surface area contributed by atoms with E-state index in [9.17, 15) is 0 Å². The minimum absolute atomic E-state index is 0.878. The van der Waals surface area contributed by atoms with Crippen LogP contribution in [-0.2, 0) is 0 Å². The average molecular weight is 217 g/mol. The van der Waals surface area contributed by atoms with E-state index in [0.29, 0.717) is 0 Å². The molecule has 0 radical (unpaired) electrons. The molecule has 0 unspecified atom stereocenters. The third-order valence-electron chi connectivity index (χ3n) is 0.886. The highest BCUT2D eigenvalue weighted by Crippen LogP contribution is 2.48. The van der Waals surface area contributed by atoms with Gasteiger partial charge in [-0.3, -0.25) is 0 Å². The molecule has 4 heteroatoms. The normalized spacial score (nSPS) is 11.6. The van der Waals surface area contributed by atoms with E-state index < -0.39 is 6.63 Å². The predicted molar refractivity (Wildman–Crippen MR) is 55.1 cm³/mol. The Hall–Kier alpha value is 1.10. The molecule has 0 nitrogen and oxygen atoms in total. The van der Waals surface area contributed by atoms with E-state index in [1.807, 2.05) is 11.2 Å². The summed E-state index contributed by atoms with van der Waals surface area (Å²) in [5, 5.41) is 1.99. The largest absolute Gasteiger partial charge is 0.134 e. The van der Waals surface area contributed by atoms with Crippen molar-refractivity contribution in [2.45, 2.75) is 19.8 Å². The van der Waals surface area contributed by atoms with Gasteiger partial charge in [0.05, 0.1) is 0 Å². The molecule has 0 saturated carbocycles. The van der Waals surface area contributed by atoms with Crippen molar-refractivity contribution in [2.24, 2.45) is 0 Å². The molecule has 0 aromatic carbocycles. The van der Waals surface area contributed by atoms with E-state index in [1.165, 1.54) is 18.6 Å². The number of unbranched alkanes of at least 4 members (excludes halogenated alkanes) is 1. The van der Waals surface area contributed by atoms with Crippen molar-refractivity contribution in [2.75, 3.05) is 5.75 Å². The highest BCUT2D eigenvalue weighted by Gasteiger charge is 1.88. The molecule has 0 N–H and O–H groups in total. The predicted octanol–water partition coefficient (Wildman–Crippen LogP) is 4.78. The summed E-state index contributed by atoms with van der Waals surface area (Å²) in [4.78, 5) is 0. The molecule has 0 aromatic rings. The van der Waals surface area contributed by atoms with Gasteiger partial charge in [0.15, 0.2) is 0 Å². The van der Waals surface area contributed by atoms with Crippen molar-refractivity contribution in [1.82, 2.24) is 0 Å². The van der Waals surface area contributed by atoms with Crippen molar-refractivity contribution < 1.29 is 0 Å². The molecule has 0 aliphatic carbocycles. The van der Waals surface area contributed by atoms with Crippen molar-refractivity contribution in [3.63, 3.8) is 0 Å². The van der Waals surface area contributed by atoms with Gasteiger partial charge in [0.1, 0.15) is 6.63 Å². The van der Waals surface area contributed by atoms with Crippen molar-refractivity contribution >= 4 is 40.9 Å². The molecule has 0 amide bonds. The maximum Gasteiger partial charge on any atom is 0.110 e. The lowest BCUT2D eigenvalue weighted by Gasteiger charge is -1.91. The lowest BCUT2D eigenvalue weighted by Crippen LogP contribution is -1.71. The Morgan fingerprint density at radius 3 is 2.70 bits per heavy atom. The van der Waals surface area contributed by atoms with Gasteiger partial charge in [-0.15, -0.1) is 11.8 Å². The van der Waals surface area contributed by atoms with Crippen LogP contribution in [-0.4, -0.2) is 5.75 Å². The van der Waals surface area contributed by atoms with E-state index >= 15 is 0 Å². The number of rotatable bonds is 5. The molecule has 0 atom stereocenters. The Bertz CT molecular complexity index is 95.7. The van der Waals surface area contributed by atoms with Crippen LogP contribution in [0.1, 0.15) is 19.8 Å². The highest BCUT2D eigenvalue weighted by atomic mass is 35.9. The molecule has 0 aliphatic rings. The van der Waals surface area contributed by atoms with E-state index in [2.05, 4.69) is 6.92 Å². The summed E-state index contributed by atoms with van der Waals surface area (Å²) < 4.78 is 0. The number of hydrogen-bond donors (Lipinski definition) is 0. The van der Waals surface area contributed by atoms with Gasteiger partial charge >= 0.3 is 0 Å². The lowest BCUT2D eigenvalue weighted by atomic mass is 10.4. The topological polar surface area (TPSA) is 0 Å². The van der Waals surface area contributed by atoms with Crippen LogP contribution in [0.5, 0.6) is 0 Å². The lowest BCUT2D eigenvalue weighted by molar-refractivity contribution is 0.898. The highest BCUT2D eigenvalue weighted by molar-refractivity contribution is 8.07. The van der Waals surface area contributed by atoms with Crippen LogP contribution in [0.2, 0.25) is 0 Å². The van der Waals surface area contributed by atoms with Gasteiger partial charge in [0.2, 0.25) is 0 Å². The van der Waals surface area contributed by atoms with E-state index in [1.54, 1.807) is 11.8 Å². The monoisotopic (exact) mass is 216 g/mol. The first kappa shape index (κ1) is 11.1. The first-order chi connectivity index (χ1) is 4.77. The number of halogens is 2. The van der Waals surface area contributed by atoms with Gasteiger partial charge in [-0.2, -0.15) is 0 Å². The summed E-state index contributed by atoms with van der Waals surface area (Å²) in [7, 11) is 0. The zero-order chi connectivity index (χ0) is 7.82. The number of thioether (sulfide) groups is 1. The van der Waals surface area contributed by atoms with Crippen molar-refractivity contribution in [3.8, 4) is 0 Å². The summed E-state index contributed by atoms with van der Waals surface area (Å²) >= 11 is 12.8. The minimum atomic E-state index is -0.878. The van der Waals surface area contributed by atoms with Gasteiger partial charge in [-0.25, -0.2) is 0 Å². The van der Waals surface area contributed by atoms with Crippen LogP contribution in [0.25, 0.3) is 0 Å². The molecule has 0 fully saturated rings. The van der Waals surface area contributed by atoms with Crippen molar-refractivity contribution in [3.05, 3.63) is 11.2 Å². The summed E-state index contributed by atoms with van der Waals surface area (Å²) in [5.41, 5.74) is 0. The molecule has 0 bridgehead atoms. The summed E-state index contributed by atoms with van der Waals surface area (Å²) in [6, 6.07) is 0. The zero-order valence-electron chi connectivity index (χ0n) is 5.89. The third kappa shape index (κ3) is 9.10. The van der Waals surface area contributed by atoms with Crippen LogP contribution < -0.4 is 0 Å². The fourth-order valence-electron chi connectivity index (χ4n) is 0.385. The van der Waals surface area contributed by atoms with Crippen LogP contribution in [0.3, 0.4) is 0 Å². The van der Waals surface area contributed by atoms with Gasteiger partial charge in [-0.1, -0.05) is 35.8 Å². The second kappa shape index (κ2) is 8.20. The van der Waals surface area contributed by atoms with Crippen LogP contribution >= 0.6 is 40.9 Å². The zero-order valence-corrected chi connectivity index (χ0v) is 9.11. The van der Waals surface area contributed by atoms with Gasteiger partial charge in [0.25, 0.3) is 0 Å². The average Bonchev–Trinajstić information content (AvgIpc) is 1.87. The minimum Gasteiger partial charge on any atom is -0.134 e. The van der Waals surface area contributed by atoms with Crippen LogP contribution in [0.4, 0.5) is 0 Å². The summed E-state index contributed by atoms with van der Waals surface area (Å²) in [6.07, 6.45) is 2.51. The molecule has 10 heavy (non-hydrogen) atoms. The second-order valence-electron chi connectivity index (χ2n) is 1.77. The fourth-order valence-corrected chi connectivity index (χ4v) is 2.52. The first-order valence-corrected chi connectivity index (χ1v) is 7.43. The van der Waals surface area contributed by atoms with E-state index in [4.69, 9.17) is 22.5 Å². The van der Waals surface area contributed by atoms with Crippen molar-refractivity contribution in [1.29, 1.82) is 0 Å². The quantitative estimate of drug-likeness (QED) is 0.471. The second-order valence-corrected chi connectivity index (χ2v) is 6.30. The first-order valence-electron chi connectivity index (χ1n) is 3.16. The Labute approximate surface area is 77.7 Å². The Kier molecular flexibility index (Phi) is 9.10. The van der Waals surface area contributed by atoms with Gasteiger partial charge in [0, 0.05) is 0 Å². The van der Waals surface area contributed by atoms with E-state index in [0.717, 1.165) is 0 Å². The summed E-state index contributed by atoms with van der Waals surface area (Å²) in [5.74, 6) is 3.02. The molecule has 0 saturated heterocycles. The van der Waals surface area contributed by atoms with Gasteiger partial charge < -0.3 is 0 Å². The van der Waals surface area contributed by atoms with Crippen LogP contribution in [0.15, 0.2) is 11.2 Å². The fraction of sp³-hybridized carbons (Fsp3) is 0.667. The molecule has 0 spiro atoms. The molecular weight excluding hydrogens is 206 g/mol. The summed E-state index contributed by atoms with van der Waals surface area (Å²) in [6.45, 7) is 1.30. The maximum atomic E-state index is 5.52. The third-order valence-corrected chi connectivity index (χ3v) is 2.99. The molecule has 0 rings (SSSR count).